The van der Waals surface area contributed by atoms with E-state index in [4.69, 9.17) is 4.74 Å². The van der Waals surface area contributed by atoms with E-state index in [0.29, 0.717) is 12.2 Å². The predicted molar refractivity (Wildman–Crippen MR) is 139 cm³/mol. The first kappa shape index (κ1) is 28.2. The summed E-state index contributed by atoms with van der Waals surface area (Å²) in [6, 6.07) is 14.0. The molecule has 0 unspecified atom stereocenters. The molecule has 192 valence electrons. The number of rotatable bonds is 12. The minimum atomic E-state index is -3.83. The van der Waals surface area contributed by atoms with Crippen LogP contribution in [-0.2, 0) is 26.0 Å². The molecule has 0 aromatic heterocycles. The molecule has 2 atom stereocenters. The lowest BCUT2D eigenvalue weighted by Gasteiger charge is -2.32. The van der Waals surface area contributed by atoms with Gasteiger partial charge in [0, 0.05) is 12.6 Å². The molecule has 0 saturated carbocycles. The van der Waals surface area contributed by atoms with E-state index < -0.39 is 28.5 Å². The van der Waals surface area contributed by atoms with Crippen LogP contribution in [0.1, 0.15) is 38.3 Å². The summed E-state index contributed by atoms with van der Waals surface area (Å²) in [4.78, 5) is 27.9. The first-order valence-corrected chi connectivity index (χ1v) is 13.6. The monoisotopic (exact) mass is 503 g/mol. The summed E-state index contributed by atoms with van der Waals surface area (Å²) in [5.41, 5.74) is 2.12. The smallest absolute Gasteiger partial charge is 0.244 e. The van der Waals surface area contributed by atoms with Gasteiger partial charge in [-0.1, -0.05) is 43.3 Å². The maximum Gasteiger partial charge on any atom is 0.244 e. The van der Waals surface area contributed by atoms with Gasteiger partial charge in [0.2, 0.25) is 21.8 Å². The lowest BCUT2D eigenvalue weighted by molar-refractivity contribution is -0.139. The summed E-state index contributed by atoms with van der Waals surface area (Å²) in [6.45, 7) is 7.18. The molecule has 2 aromatic rings. The van der Waals surface area contributed by atoms with Crippen molar-refractivity contribution in [3.05, 3.63) is 59.7 Å². The number of carbonyl (C=O) groups is 2. The van der Waals surface area contributed by atoms with Crippen molar-refractivity contribution >= 4 is 27.5 Å². The zero-order valence-corrected chi connectivity index (χ0v) is 22.3. The van der Waals surface area contributed by atoms with Gasteiger partial charge < -0.3 is 15.0 Å². The summed E-state index contributed by atoms with van der Waals surface area (Å²) in [7, 11) is -2.38. The van der Waals surface area contributed by atoms with E-state index in [-0.39, 0.29) is 24.2 Å². The fourth-order valence-corrected chi connectivity index (χ4v) is 4.47. The molecule has 2 aromatic carbocycles. The van der Waals surface area contributed by atoms with Gasteiger partial charge in [-0.15, -0.1) is 0 Å². The molecule has 0 aliphatic heterocycles. The minimum absolute atomic E-state index is 0.0416. The first-order valence-electron chi connectivity index (χ1n) is 11.7. The number of benzene rings is 2. The predicted octanol–water partition coefficient (Wildman–Crippen LogP) is 3.14. The Bertz CT molecular complexity index is 1110. The molecule has 0 radical (unpaired) electrons. The Balaban J connectivity index is 2.38. The lowest BCUT2D eigenvalue weighted by Crippen LogP contribution is -2.53. The topological polar surface area (TPSA) is 96.0 Å². The summed E-state index contributed by atoms with van der Waals surface area (Å²) in [5.74, 6) is -0.409. The largest absolute Gasteiger partial charge is 0.495 e. The van der Waals surface area contributed by atoms with Crippen molar-refractivity contribution < 1.29 is 22.7 Å². The van der Waals surface area contributed by atoms with Gasteiger partial charge in [-0.3, -0.25) is 13.9 Å². The van der Waals surface area contributed by atoms with Crippen LogP contribution in [0.2, 0.25) is 0 Å². The molecule has 0 fully saturated rings. The summed E-state index contributed by atoms with van der Waals surface area (Å²) in [6.07, 6.45) is 2.33. The number of sulfonamides is 1. The normalized spacial score (nSPS) is 13.0. The number of nitrogens with one attached hydrogen (secondary N) is 1. The van der Waals surface area contributed by atoms with E-state index in [0.717, 1.165) is 28.1 Å². The zero-order chi connectivity index (χ0) is 26.2. The second kappa shape index (κ2) is 12.6. The Morgan fingerprint density at radius 1 is 1.09 bits per heavy atom. The van der Waals surface area contributed by atoms with Crippen LogP contribution < -0.4 is 14.4 Å². The van der Waals surface area contributed by atoms with Gasteiger partial charge in [-0.05, 0) is 56.9 Å². The highest BCUT2D eigenvalue weighted by Gasteiger charge is 2.31. The molecule has 2 amide bonds. The van der Waals surface area contributed by atoms with Crippen LogP contribution in [0.3, 0.4) is 0 Å². The van der Waals surface area contributed by atoms with Crippen molar-refractivity contribution in [3.8, 4) is 5.75 Å². The standard InChI is InChI=1S/C26H37N3O5S/c1-7-20(3)27-26(31)21(4)28(16-15-22-11-9-8-10-12-22)25(30)18-29(35(6,32)33)23-17-19(2)13-14-24(23)34-5/h8-14,17,20-21H,7,15-16,18H2,1-6H3,(H,27,31)/t20-,21+/m1/s1. The minimum Gasteiger partial charge on any atom is -0.495 e. The molecule has 0 spiro atoms. The molecule has 0 saturated heterocycles. The van der Waals surface area contributed by atoms with Gasteiger partial charge in [0.1, 0.15) is 18.3 Å². The number of anilines is 1. The van der Waals surface area contributed by atoms with Crippen LogP contribution in [0.25, 0.3) is 0 Å². The van der Waals surface area contributed by atoms with Gasteiger partial charge in [0.15, 0.2) is 0 Å². The Hall–Kier alpha value is -3.07. The Morgan fingerprint density at radius 2 is 1.74 bits per heavy atom. The maximum absolute atomic E-state index is 13.6. The second-order valence-electron chi connectivity index (χ2n) is 8.76. The van der Waals surface area contributed by atoms with Gasteiger partial charge in [0.25, 0.3) is 0 Å². The van der Waals surface area contributed by atoms with Gasteiger partial charge in [0.05, 0.1) is 19.1 Å². The molecule has 2 rings (SSSR count). The number of nitrogens with zero attached hydrogens (tertiary/aromatic N) is 2. The highest BCUT2D eigenvalue weighted by Crippen LogP contribution is 2.31. The molecule has 9 heteroatoms. The highest BCUT2D eigenvalue weighted by molar-refractivity contribution is 7.92. The van der Waals surface area contributed by atoms with Crippen LogP contribution in [0.5, 0.6) is 5.75 Å². The molecule has 0 aliphatic rings. The van der Waals surface area contributed by atoms with Crippen LogP contribution in [-0.4, -0.2) is 63.7 Å². The van der Waals surface area contributed by atoms with Crippen LogP contribution in [0.4, 0.5) is 5.69 Å². The van der Waals surface area contributed by atoms with Gasteiger partial charge in [-0.2, -0.15) is 0 Å². The third-order valence-electron chi connectivity index (χ3n) is 5.93. The van der Waals surface area contributed by atoms with E-state index in [1.54, 1.807) is 25.1 Å². The number of carbonyl (C=O) groups excluding carboxylic acids is 2. The number of amides is 2. The molecule has 8 nitrogen and oxygen atoms in total. The summed E-state index contributed by atoms with van der Waals surface area (Å²) in [5, 5.41) is 2.92. The van der Waals surface area contributed by atoms with E-state index >= 15 is 0 Å². The van der Waals surface area contributed by atoms with E-state index in [9.17, 15) is 18.0 Å². The van der Waals surface area contributed by atoms with Gasteiger partial charge in [-0.25, -0.2) is 8.42 Å². The van der Waals surface area contributed by atoms with Crippen molar-refractivity contribution in [3.63, 3.8) is 0 Å². The molecule has 35 heavy (non-hydrogen) atoms. The Labute approximate surface area is 209 Å². The number of hydrogen-bond acceptors (Lipinski definition) is 5. The third kappa shape index (κ3) is 7.99. The van der Waals surface area contributed by atoms with E-state index in [1.807, 2.05) is 51.1 Å². The molecule has 0 heterocycles. The first-order chi connectivity index (χ1) is 16.5. The summed E-state index contributed by atoms with van der Waals surface area (Å²) >= 11 is 0. The Morgan fingerprint density at radius 3 is 2.31 bits per heavy atom. The maximum atomic E-state index is 13.6. The average molecular weight is 504 g/mol. The fourth-order valence-electron chi connectivity index (χ4n) is 3.63. The second-order valence-corrected chi connectivity index (χ2v) is 10.7. The third-order valence-corrected chi connectivity index (χ3v) is 7.06. The fraction of sp³-hybridized carbons (Fsp3) is 0.462. The van der Waals surface area contributed by atoms with Crippen molar-refractivity contribution in [1.82, 2.24) is 10.2 Å². The number of ether oxygens (including phenoxy) is 1. The highest BCUT2D eigenvalue weighted by atomic mass is 32.2. The van der Waals surface area contributed by atoms with Crippen molar-refractivity contribution in [2.45, 2.75) is 52.6 Å². The molecular weight excluding hydrogens is 466 g/mol. The molecule has 0 aliphatic carbocycles. The van der Waals surface area contributed by atoms with Crippen molar-refractivity contribution in [2.24, 2.45) is 0 Å². The molecular formula is C26H37N3O5S. The number of methoxy groups -OCH3 is 1. The SMILES string of the molecule is CC[C@@H](C)NC(=O)[C@H](C)N(CCc1ccccc1)C(=O)CN(c1cc(C)ccc1OC)S(C)(=O)=O. The number of aryl methyl sites for hydroxylation is 1. The molecule has 1 N–H and O–H groups in total. The van der Waals surface area contributed by atoms with Gasteiger partial charge >= 0.3 is 0 Å². The Kier molecular flexibility index (Phi) is 10.1. The quantitative estimate of drug-likeness (QED) is 0.480. The van der Waals surface area contributed by atoms with E-state index in [1.165, 1.54) is 12.0 Å². The van der Waals surface area contributed by atoms with Crippen molar-refractivity contribution in [1.29, 1.82) is 0 Å². The van der Waals surface area contributed by atoms with Crippen LogP contribution >= 0.6 is 0 Å². The lowest BCUT2D eigenvalue weighted by atomic mass is 10.1. The van der Waals surface area contributed by atoms with Crippen LogP contribution in [0, 0.1) is 6.92 Å². The summed E-state index contributed by atoms with van der Waals surface area (Å²) < 4.78 is 31.9. The molecule has 0 bridgehead atoms. The number of hydrogen-bond donors (Lipinski definition) is 1. The average Bonchev–Trinajstić information content (AvgIpc) is 2.82. The van der Waals surface area contributed by atoms with Crippen LogP contribution in [0.15, 0.2) is 48.5 Å². The van der Waals surface area contributed by atoms with E-state index in [2.05, 4.69) is 5.32 Å². The zero-order valence-electron chi connectivity index (χ0n) is 21.4. The van der Waals surface area contributed by atoms with Crippen molar-refractivity contribution in [2.75, 3.05) is 30.8 Å².